The summed E-state index contributed by atoms with van der Waals surface area (Å²) in [5.41, 5.74) is -0.0215. The fraction of sp³-hybridized carbons (Fsp3) is 0.214. The van der Waals surface area contributed by atoms with Crippen LogP contribution in [0.4, 0.5) is 13.2 Å². The second kappa shape index (κ2) is 5.81. The van der Waals surface area contributed by atoms with E-state index < -0.39 is 17.7 Å². The van der Waals surface area contributed by atoms with Crippen LogP contribution in [0.3, 0.4) is 0 Å². The first-order chi connectivity index (χ1) is 9.82. The van der Waals surface area contributed by atoms with Gasteiger partial charge in [0.1, 0.15) is 0 Å². The fourth-order valence-electron chi connectivity index (χ4n) is 1.80. The molecule has 0 aliphatic heterocycles. The third-order valence-corrected chi connectivity index (χ3v) is 3.11. The van der Waals surface area contributed by atoms with Crippen LogP contribution in [0.2, 0.25) is 5.02 Å². The van der Waals surface area contributed by atoms with E-state index in [0.29, 0.717) is 5.69 Å². The van der Waals surface area contributed by atoms with E-state index in [-0.39, 0.29) is 22.8 Å². The van der Waals surface area contributed by atoms with Crippen molar-refractivity contribution in [2.24, 2.45) is 0 Å². The molecule has 2 aromatic rings. The molecule has 112 valence electrons. The van der Waals surface area contributed by atoms with Gasteiger partial charge in [-0.05, 0) is 30.7 Å². The molecule has 0 atom stereocenters. The largest absolute Gasteiger partial charge is 0.462 e. The Hall–Kier alpha value is -1.95. The number of aromatic nitrogens is 1. The Morgan fingerprint density at radius 2 is 2.05 bits per heavy atom. The van der Waals surface area contributed by atoms with Crippen LogP contribution in [-0.4, -0.2) is 17.6 Å². The van der Waals surface area contributed by atoms with Gasteiger partial charge in [-0.2, -0.15) is 13.2 Å². The molecule has 0 aliphatic rings. The Labute approximate surface area is 123 Å². The van der Waals surface area contributed by atoms with Crippen molar-refractivity contribution >= 4 is 17.6 Å². The smallest absolute Gasteiger partial charge is 0.417 e. The molecule has 7 heteroatoms. The van der Waals surface area contributed by atoms with Crippen LogP contribution in [0, 0.1) is 0 Å². The highest BCUT2D eigenvalue weighted by Gasteiger charge is 2.33. The zero-order chi connectivity index (χ0) is 15.6. The van der Waals surface area contributed by atoms with Gasteiger partial charge >= 0.3 is 12.1 Å². The van der Waals surface area contributed by atoms with Crippen molar-refractivity contribution < 1.29 is 22.7 Å². The number of carbonyl (C=O) groups is 1. The fourth-order valence-corrected chi connectivity index (χ4v) is 2.03. The molecule has 3 nitrogen and oxygen atoms in total. The summed E-state index contributed by atoms with van der Waals surface area (Å²) < 4.78 is 43.2. The van der Waals surface area contributed by atoms with Gasteiger partial charge in [0.2, 0.25) is 0 Å². The van der Waals surface area contributed by atoms with Crippen molar-refractivity contribution in [3.8, 4) is 11.3 Å². The lowest BCUT2D eigenvalue weighted by Gasteiger charge is -2.10. The minimum Gasteiger partial charge on any atom is -0.462 e. The van der Waals surface area contributed by atoms with Gasteiger partial charge in [-0.1, -0.05) is 17.7 Å². The maximum absolute atomic E-state index is 12.8. The van der Waals surface area contributed by atoms with Crippen LogP contribution in [-0.2, 0) is 10.9 Å². The van der Waals surface area contributed by atoms with E-state index in [4.69, 9.17) is 16.3 Å². The summed E-state index contributed by atoms with van der Waals surface area (Å²) in [6, 6.07) is 4.98. The first-order valence-electron chi connectivity index (χ1n) is 6.05. The molecule has 2 rings (SSSR count). The molecule has 0 saturated heterocycles. The van der Waals surface area contributed by atoms with Crippen molar-refractivity contribution in [2.45, 2.75) is 13.1 Å². The molecule has 1 heterocycles. The number of aromatic amines is 1. The number of carbonyl (C=O) groups excluding carboxylic acids is 1. The molecule has 1 aromatic heterocycles. The normalized spacial score (nSPS) is 11.5. The van der Waals surface area contributed by atoms with Gasteiger partial charge in [0.15, 0.2) is 0 Å². The van der Waals surface area contributed by atoms with Crippen molar-refractivity contribution in [3.05, 3.63) is 46.6 Å². The summed E-state index contributed by atoms with van der Waals surface area (Å²) in [7, 11) is 0. The van der Waals surface area contributed by atoms with E-state index in [1.54, 1.807) is 6.92 Å². The number of esters is 1. The van der Waals surface area contributed by atoms with Crippen LogP contribution in [0.15, 0.2) is 30.5 Å². The van der Waals surface area contributed by atoms with Crippen molar-refractivity contribution in [3.63, 3.8) is 0 Å². The second-order valence-corrected chi connectivity index (χ2v) is 4.62. The Morgan fingerprint density at radius 1 is 1.33 bits per heavy atom. The summed E-state index contributed by atoms with van der Waals surface area (Å²) >= 11 is 5.56. The molecule has 0 unspecified atom stereocenters. The maximum Gasteiger partial charge on any atom is 0.417 e. The average Bonchev–Trinajstić information content (AvgIpc) is 2.88. The van der Waals surface area contributed by atoms with Crippen LogP contribution >= 0.6 is 11.6 Å². The first-order valence-corrected chi connectivity index (χ1v) is 6.43. The Morgan fingerprint density at radius 3 is 2.67 bits per heavy atom. The maximum atomic E-state index is 12.8. The Balaban J connectivity index is 2.37. The van der Waals surface area contributed by atoms with Gasteiger partial charge in [-0.3, -0.25) is 0 Å². The van der Waals surface area contributed by atoms with Gasteiger partial charge in [0.05, 0.1) is 22.8 Å². The van der Waals surface area contributed by atoms with Crippen LogP contribution in [0.5, 0.6) is 0 Å². The van der Waals surface area contributed by atoms with E-state index in [0.717, 1.165) is 6.07 Å². The lowest BCUT2D eigenvalue weighted by molar-refractivity contribution is -0.137. The molecule has 0 bridgehead atoms. The highest BCUT2D eigenvalue weighted by atomic mass is 35.5. The van der Waals surface area contributed by atoms with Gasteiger partial charge < -0.3 is 9.72 Å². The summed E-state index contributed by atoms with van der Waals surface area (Å²) in [6.45, 7) is 1.89. The van der Waals surface area contributed by atoms with E-state index in [1.165, 1.54) is 24.4 Å². The monoisotopic (exact) mass is 317 g/mol. The molecule has 0 amide bonds. The quantitative estimate of drug-likeness (QED) is 0.845. The van der Waals surface area contributed by atoms with Gasteiger partial charge in [-0.15, -0.1) is 0 Å². The van der Waals surface area contributed by atoms with E-state index in [9.17, 15) is 18.0 Å². The molecular weight excluding hydrogens is 307 g/mol. The molecular formula is C14H11ClF3NO2. The predicted molar refractivity (Wildman–Crippen MR) is 72.2 cm³/mol. The van der Waals surface area contributed by atoms with Crippen LogP contribution in [0.1, 0.15) is 22.8 Å². The number of nitrogens with one attached hydrogen (secondary N) is 1. The highest BCUT2D eigenvalue weighted by Crippen LogP contribution is 2.37. The highest BCUT2D eigenvalue weighted by molar-refractivity contribution is 6.31. The van der Waals surface area contributed by atoms with Crippen molar-refractivity contribution in [1.82, 2.24) is 4.98 Å². The molecule has 21 heavy (non-hydrogen) atoms. The van der Waals surface area contributed by atoms with Gasteiger partial charge in [-0.25, -0.2) is 4.79 Å². The number of halogens is 4. The van der Waals surface area contributed by atoms with Crippen molar-refractivity contribution in [2.75, 3.05) is 6.61 Å². The Bertz CT molecular complexity index is 664. The standard InChI is InChI=1S/C14H11ClF3NO2/c1-2-21-13(20)9-6-12(19-7-9)8-3-4-11(15)10(5-8)14(16,17)18/h3-7,19H,2H2,1H3. The average molecular weight is 318 g/mol. The lowest BCUT2D eigenvalue weighted by Crippen LogP contribution is -2.06. The minimum absolute atomic E-state index is 0.221. The molecule has 1 N–H and O–H groups in total. The Kier molecular flexibility index (Phi) is 4.27. The van der Waals surface area contributed by atoms with E-state index in [1.807, 2.05) is 0 Å². The van der Waals surface area contributed by atoms with Gasteiger partial charge in [0.25, 0.3) is 0 Å². The summed E-state index contributed by atoms with van der Waals surface area (Å²) in [6.07, 6.45) is -3.15. The summed E-state index contributed by atoms with van der Waals surface area (Å²) in [5.74, 6) is -0.537. The number of H-pyrrole nitrogens is 1. The molecule has 0 spiro atoms. The third-order valence-electron chi connectivity index (χ3n) is 2.78. The molecule has 0 aliphatic carbocycles. The zero-order valence-electron chi connectivity index (χ0n) is 10.9. The van der Waals surface area contributed by atoms with E-state index in [2.05, 4.69) is 4.98 Å². The number of benzene rings is 1. The SMILES string of the molecule is CCOC(=O)c1c[nH]c(-c2ccc(Cl)c(C(F)(F)F)c2)c1. The lowest BCUT2D eigenvalue weighted by atomic mass is 10.1. The third kappa shape index (κ3) is 3.39. The second-order valence-electron chi connectivity index (χ2n) is 4.21. The number of alkyl halides is 3. The molecule has 0 radical (unpaired) electrons. The number of hydrogen-bond acceptors (Lipinski definition) is 2. The summed E-state index contributed by atoms with van der Waals surface area (Å²) in [5, 5.41) is -0.372. The van der Waals surface area contributed by atoms with Crippen LogP contribution < -0.4 is 0 Å². The minimum atomic E-state index is -4.54. The first kappa shape index (κ1) is 15.4. The molecule has 1 aromatic carbocycles. The van der Waals surface area contributed by atoms with E-state index >= 15 is 0 Å². The number of ether oxygens (including phenoxy) is 1. The number of rotatable bonds is 3. The molecule has 0 saturated carbocycles. The van der Waals surface area contributed by atoms with Gasteiger partial charge in [0, 0.05) is 11.9 Å². The van der Waals surface area contributed by atoms with Crippen molar-refractivity contribution in [1.29, 1.82) is 0 Å². The topological polar surface area (TPSA) is 42.1 Å². The predicted octanol–water partition coefficient (Wildman–Crippen LogP) is 4.53. The zero-order valence-corrected chi connectivity index (χ0v) is 11.7. The molecule has 0 fully saturated rings. The number of hydrogen-bond donors (Lipinski definition) is 1. The van der Waals surface area contributed by atoms with Crippen LogP contribution in [0.25, 0.3) is 11.3 Å². The summed E-state index contributed by atoms with van der Waals surface area (Å²) in [4.78, 5) is 14.3.